The standard InChI is InChI=1S/C73H135NO18/c1-3-5-7-9-11-13-15-17-19-20-21-22-23-24-25-26-27-28-29-30-31-32-33-34-35-36-37-38-40-42-44-46-48-50-57(78)56(74-61(79)51-49-47-45-43-41-39-18-16-14-12-10-8-6-4-2)55-87-71-67(85)64(82)69(59(53-76)89-71)92-73-68(86)65(83)70(60(54-77)90-73)91-72-66(84)63(81)62(80)58(52-75)88-72/h10,12,16,18,48,50,56-60,62-73,75-78,80-86H,3-9,11,13-15,17,19-47,49,51-55H2,1-2H3,(H,74,79)/b12-10-,18-16-,50-48+. The molecular weight excluding hydrogens is 1180 g/mol. The van der Waals surface area contributed by atoms with Crippen LogP contribution in [0.25, 0.3) is 0 Å². The van der Waals surface area contributed by atoms with E-state index in [1.165, 1.54) is 193 Å². The van der Waals surface area contributed by atoms with Crippen LogP contribution in [0.15, 0.2) is 36.5 Å². The lowest BCUT2D eigenvalue weighted by Crippen LogP contribution is -2.66. The summed E-state index contributed by atoms with van der Waals surface area (Å²) in [4.78, 5) is 13.4. The molecule has 540 valence electrons. The Hall–Kier alpha value is -1.99. The van der Waals surface area contributed by atoms with Crippen LogP contribution in [0.5, 0.6) is 0 Å². The second-order valence-electron chi connectivity index (χ2n) is 26.8. The lowest BCUT2D eigenvalue weighted by Gasteiger charge is -2.48. The first-order valence-corrected chi connectivity index (χ1v) is 37.2. The Kier molecular flexibility index (Phi) is 50.3. The molecule has 3 saturated heterocycles. The Labute approximate surface area is 555 Å². The SMILES string of the molecule is CCCC/C=C\C/C=C\CCCCCCCC(=O)NC(COC1OC(CO)C(OC2OC(CO)C(OC3OC(CO)C(O)C(O)C3O)C(O)C2O)C(O)C1O)C(O)/C=C/CCCCCCCCCCCCCCCCCCCCCCCCCCCCCCCCC. The number of hydrogen-bond acceptors (Lipinski definition) is 18. The van der Waals surface area contributed by atoms with Crippen molar-refractivity contribution in [3.63, 3.8) is 0 Å². The number of carbonyl (C=O) groups is 1. The van der Waals surface area contributed by atoms with Gasteiger partial charge in [0.2, 0.25) is 5.91 Å². The zero-order valence-electron chi connectivity index (χ0n) is 57.3. The largest absolute Gasteiger partial charge is 0.394 e. The maximum absolute atomic E-state index is 13.4. The topological polar surface area (TPSA) is 307 Å². The molecule has 12 N–H and O–H groups in total. The summed E-state index contributed by atoms with van der Waals surface area (Å²) in [5, 5.41) is 121. The van der Waals surface area contributed by atoms with Gasteiger partial charge in [0.15, 0.2) is 18.9 Å². The van der Waals surface area contributed by atoms with Crippen molar-refractivity contribution in [3.05, 3.63) is 36.5 Å². The van der Waals surface area contributed by atoms with Crippen molar-refractivity contribution in [2.24, 2.45) is 0 Å². The summed E-state index contributed by atoms with van der Waals surface area (Å²) in [6, 6.07) is -0.981. The summed E-state index contributed by atoms with van der Waals surface area (Å²) in [6.07, 6.45) is 38.7. The second kappa shape index (κ2) is 55.0. The zero-order valence-corrected chi connectivity index (χ0v) is 57.3. The molecule has 0 radical (unpaired) electrons. The Balaban J connectivity index is 1.36. The molecule has 19 heteroatoms. The lowest BCUT2D eigenvalue weighted by molar-refractivity contribution is -0.379. The van der Waals surface area contributed by atoms with Crippen molar-refractivity contribution in [1.82, 2.24) is 5.32 Å². The van der Waals surface area contributed by atoms with Crippen molar-refractivity contribution < 1.29 is 89.4 Å². The number of unbranched alkanes of at least 4 members (excludes halogenated alkanes) is 38. The van der Waals surface area contributed by atoms with Crippen LogP contribution >= 0.6 is 0 Å². The van der Waals surface area contributed by atoms with E-state index < -0.39 is 124 Å². The average Bonchev–Trinajstić information content (AvgIpc) is 0.827. The van der Waals surface area contributed by atoms with Gasteiger partial charge in [0, 0.05) is 6.42 Å². The second-order valence-corrected chi connectivity index (χ2v) is 26.8. The van der Waals surface area contributed by atoms with E-state index in [9.17, 15) is 61.0 Å². The predicted octanol–water partition coefficient (Wildman–Crippen LogP) is 10.8. The molecule has 0 saturated carbocycles. The monoisotopic (exact) mass is 1310 g/mol. The Bertz CT molecular complexity index is 1810. The first-order chi connectivity index (χ1) is 44.8. The third-order valence-corrected chi connectivity index (χ3v) is 18.7. The van der Waals surface area contributed by atoms with Crippen LogP contribution in [0.2, 0.25) is 0 Å². The highest BCUT2D eigenvalue weighted by Gasteiger charge is 2.53. The summed E-state index contributed by atoms with van der Waals surface area (Å²) in [6.45, 7) is 1.70. The summed E-state index contributed by atoms with van der Waals surface area (Å²) in [5.74, 6) is -0.288. The molecule has 19 nitrogen and oxygen atoms in total. The minimum Gasteiger partial charge on any atom is -0.394 e. The van der Waals surface area contributed by atoms with Gasteiger partial charge in [0.05, 0.1) is 38.6 Å². The molecule has 17 unspecified atom stereocenters. The fraction of sp³-hybridized carbons (Fsp3) is 0.904. The van der Waals surface area contributed by atoms with Gasteiger partial charge >= 0.3 is 0 Å². The van der Waals surface area contributed by atoms with Gasteiger partial charge in [0.25, 0.3) is 0 Å². The third kappa shape index (κ3) is 36.0. The first-order valence-electron chi connectivity index (χ1n) is 37.2. The van der Waals surface area contributed by atoms with Gasteiger partial charge in [-0.1, -0.05) is 275 Å². The summed E-state index contributed by atoms with van der Waals surface area (Å²) in [5.41, 5.74) is 0. The fourth-order valence-corrected chi connectivity index (χ4v) is 12.6. The van der Waals surface area contributed by atoms with Gasteiger partial charge in [-0.2, -0.15) is 0 Å². The van der Waals surface area contributed by atoms with Crippen molar-refractivity contribution in [3.8, 4) is 0 Å². The summed E-state index contributed by atoms with van der Waals surface area (Å²) < 4.78 is 34.3. The van der Waals surface area contributed by atoms with E-state index in [1.807, 2.05) is 6.08 Å². The van der Waals surface area contributed by atoms with Crippen molar-refractivity contribution >= 4 is 5.91 Å². The van der Waals surface area contributed by atoms with Gasteiger partial charge in [-0.15, -0.1) is 0 Å². The molecule has 0 aromatic rings. The van der Waals surface area contributed by atoms with Crippen LogP contribution in [0.1, 0.15) is 290 Å². The van der Waals surface area contributed by atoms with E-state index in [2.05, 4.69) is 43.5 Å². The van der Waals surface area contributed by atoms with E-state index in [-0.39, 0.29) is 18.9 Å². The lowest BCUT2D eigenvalue weighted by atomic mass is 9.96. The molecule has 17 atom stereocenters. The molecule has 0 aliphatic carbocycles. The molecule has 3 rings (SSSR count). The van der Waals surface area contributed by atoms with E-state index in [0.717, 1.165) is 70.6 Å². The van der Waals surface area contributed by atoms with Gasteiger partial charge in [-0.3, -0.25) is 4.79 Å². The maximum Gasteiger partial charge on any atom is 0.220 e. The molecule has 1 amide bonds. The van der Waals surface area contributed by atoms with Gasteiger partial charge in [0.1, 0.15) is 73.2 Å². The van der Waals surface area contributed by atoms with E-state index >= 15 is 0 Å². The fourth-order valence-electron chi connectivity index (χ4n) is 12.6. The highest BCUT2D eigenvalue weighted by molar-refractivity contribution is 5.76. The number of rotatable bonds is 58. The summed E-state index contributed by atoms with van der Waals surface area (Å²) >= 11 is 0. The number of allylic oxidation sites excluding steroid dienone is 5. The van der Waals surface area contributed by atoms with Crippen molar-refractivity contribution in [2.45, 2.75) is 394 Å². The maximum atomic E-state index is 13.4. The van der Waals surface area contributed by atoms with Crippen LogP contribution in [0, 0.1) is 0 Å². The Morgan fingerprint density at radius 2 is 0.728 bits per heavy atom. The minimum absolute atomic E-state index is 0.227. The van der Waals surface area contributed by atoms with Crippen LogP contribution in [0.3, 0.4) is 0 Å². The molecule has 3 heterocycles. The number of carbonyl (C=O) groups excluding carboxylic acids is 1. The molecule has 3 aliphatic rings. The predicted molar refractivity (Wildman–Crippen MR) is 360 cm³/mol. The average molecular weight is 1310 g/mol. The highest BCUT2D eigenvalue weighted by Crippen LogP contribution is 2.33. The smallest absolute Gasteiger partial charge is 0.220 e. The van der Waals surface area contributed by atoms with Crippen LogP contribution < -0.4 is 5.32 Å². The molecule has 0 aromatic heterocycles. The van der Waals surface area contributed by atoms with Gasteiger partial charge < -0.3 is 89.9 Å². The molecule has 0 aromatic carbocycles. The number of nitrogens with one attached hydrogen (secondary N) is 1. The number of aliphatic hydroxyl groups excluding tert-OH is 11. The number of ether oxygens (including phenoxy) is 6. The molecule has 0 spiro atoms. The van der Waals surface area contributed by atoms with Gasteiger partial charge in [-0.05, 0) is 44.9 Å². The summed E-state index contributed by atoms with van der Waals surface area (Å²) in [7, 11) is 0. The third-order valence-electron chi connectivity index (χ3n) is 18.7. The highest BCUT2D eigenvalue weighted by atomic mass is 16.8. The Morgan fingerprint density at radius 3 is 1.14 bits per heavy atom. The molecular formula is C73H135NO18. The van der Waals surface area contributed by atoms with Crippen LogP contribution in [-0.4, -0.2) is 193 Å². The first kappa shape index (κ1) is 84.2. The number of hydrogen-bond donors (Lipinski definition) is 12. The zero-order chi connectivity index (χ0) is 66.8. The van der Waals surface area contributed by atoms with Crippen molar-refractivity contribution in [2.75, 3.05) is 26.4 Å². The van der Waals surface area contributed by atoms with Crippen LogP contribution in [-0.2, 0) is 33.2 Å². The number of amides is 1. The quantitative estimate of drug-likeness (QED) is 0.0199. The molecule has 0 bridgehead atoms. The number of aliphatic hydroxyl groups is 11. The minimum atomic E-state index is -1.98. The van der Waals surface area contributed by atoms with Crippen molar-refractivity contribution in [1.29, 1.82) is 0 Å². The van der Waals surface area contributed by atoms with Crippen LogP contribution in [0.4, 0.5) is 0 Å². The Morgan fingerprint density at radius 1 is 0.391 bits per heavy atom. The molecule has 3 aliphatic heterocycles. The molecule has 3 fully saturated rings. The molecule has 92 heavy (non-hydrogen) atoms. The van der Waals surface area contributed by atoms with E-state index in [4.69, 9.17) is 28.4 Å². The van der Waals surface area contributed by atoms with E-state index in [0.29, 0.717) is 6.42 Å². The normalized spacial score (nSPS) is 27.9. The van der Waals surface area contributed by atoms with E-state index in [1.54, 1.807) is 6.08 Å². The van der Waals surface area contributed by atoms with Gasteiger partial charge in [-0.25, -0.2) is 0 Å².